The van der Waals surface area contributed by atoms with E-state index in [0.717, 1.165) is 20.9 Å². The van der Waals surface area contributed by atoms with E-state index in [1.54, 1.807) is 24.2 Å². The second-order valence-corrected chi connectivity index (χ2v) is 9.83. The van der Waals surface area contributed by atoms with E-state index in [1.165, 1.54) is 9.80 Å². The number of carbonyl (C=O) groups is 3. The third kappa shape index (κ3) is 3.76. The molecule has 0 aliphatic carbocycles. The van der Waals surface area contributed by atoms with Crippen LogP contribution >= 0.6 is 15.9 Å². The third-order valence-electron chi connectivity index (χ3n) is 7.03. The van der Waals surface area contributed by atoms with Gasteiger partial charge in [-0.3, -0.25) is 19.5 Å². The maximum atomic E-state index is 13.8. The maximum absolute atomic E-state index is 13.8. The molecule has 1 fully saturated rings. The van der Waals surface area contributed by atoms with E-state index in [1.807, 2.05) is 36.4 Å². The summed E-state index contributed by atoms with van der Waals surface area (Å²) in [7, 11) is 1.55. The highest BCUT2D eigenvalue weighted by Crippen LogP contribution is 2.51. The number of carbonyl (C=O) groups excluding carboxylic acids is 3. The monoisotopic (exact) mass is 534 g/mol. The summed E-state index contributed by atoms with van der Waals surface area (Å²) in [4.78, 5) is 44.4. The van der Waals surface area contributed by atoms with Crippen LogP contribution in [-0.4, -0.2) is 70.9 Å². The summed E-state index contributed by atoms with van der Waals surface area (Å²) < 4.78 is 0.814. The molecule has 0 radical (unpaired) electrons. The molecule has 9 nitrogen and oxygen atoms in total. The Hall–Kier alpha value is -3.71. The highest BCUT2D eigenvalue weighted by atomic mass is 79.9. The number of piperidine rings is 1. The van der Waals surface area contributed by atoms with Crippen molar-refractivity contribution in [2.75, 3.05) is 38.1 Å². The van der Waals surface area contributed by atoms with Gasteiger partial charge in [0.15, 0.2) is 0 Å². The zero-order chi connectivity index (χ0) is 24.7. The summed E-state index contributed by atoms with van der Waals surface area (Å²) in [6, 6.07) is 13.0. The maximum Gasteiger partial charge on any atom is 0.253 e. The number of halogens is 1. The van der Waals surface area contributed by atoms with Crippen LogP contribution in [0.3, 0.4) is 0 Å². The Balaban J connectivity index is 1.39. The van der Waals surface area contributed by atoms with Crippen molar-refractivity contribution in [2.24, 2.45) is 0 Å². The van der Waals surface area contributed by atoms with Gasteiger partial charge in [-0.1, -0.05) is 22.0 Å². The van der Waals surface area contributed by atoms with Crippen LogP contribution < -0.4 is 4.90 Å². The fourth-order valence-electron chi connectivity index (χ4n) is 5.11. The molecule has 2 aliphatic rings. The minimum atomic E-state index is -0.811. The molecule has 178 valence electrons. The third-order valence-corrected chi connectivity index (χ3v) is 7.69. The van der Waals surface area contributed by atoms with E-state index in [0.29, 0.717) is 37.2 Å². The number of nitrogens with one attached hydrogen (secondary N) is 1. The number of benzene rings is 2. The molecule has 3 amide bonds. The van der Waals surface area contributed by atoms with E-state index in [9.17, 15) is 14.4 Å². The van der Waals surface area contributed by atoms with Gasteiger partial charge in [0.1, 0.15) is 13.1 Å². The van der Waals surface area contributed by atoms with Gasteiger partial charge < -0.3 is 14.7 Å². The number of likely N-dealkylation sites (N-methyl/N-ethyl adjacent to an activating group) is 1. The first-order chi connectivity index (χ1) is 16.9. The zero-order valence-electron chi connectivity index (χ0n) is 19.1. The van der Waals surface area contributed by atoms with Gasteiger partial charge in [0.05, 0.1) is 23.2 Å². The fraction of sp³-hybridized carbons (Fsp3) is 0.320. The Bertz CT molecular complexity index is 1390. The lowest BCUT2D eigenvalue weighted by molar-refractivity contribution is -0.131. The molecule has 3 heterocycles. The van der Waals surface area contributed by atoms with Gasteiger partial charge in [0, 0.05) is 46.8 Å². The van der Waals surface area contributed by atoms with Crippen molar-refractivity contribution in [3.8, 4) is 6.07 Å². The Kier molecular flexibility index (Phi) is 5.81. The highest BCUT2D eigenvalue weighted by molar-refractivity contribution is 9.10. The van der Waals surface area contributed by atoms with Crippen molar-refractivity contribution < 1.29 is 14.4 Å². The lowest BCUT2D eigenvalue weighted by atomic mass is 9.73. The smallest absolute Gasteiger partial charge is 0.253 e. The minimum absolute atomic E-state index is 0.0426. The number of H-pyrrole nitrogens is 1. The molecule has 0 saturated carbocycles. The number of hydrogen-bond donors (Lipinski definition) is 1. The summed E-state index contributed by atoms with van der Waals surface area (Å²) in [5.41, 5.74) is 2.21. The minimum Gasteiger partial charge on any atom is -0.339 e. The molecule has 10 heteroatoms. The Labute approximate surface area is 210 Å². The standard InChI is InChI=1S/C25H23BrN6O3/c1-30(12-9-27)21(33)15-32-20-4-2-3-18(26)22(20)25(24(32)35)7-10-31(11-8-25)23(34)16-5-6-19-17(13-16)14-28-29-19/h2-6,13-14H,7-8,10-12,15H2,1H3,(H,28,29). The molecule has 0 unspecified atom stereocenters. The average molecular weight is 535 g/mol. The quantitative estimate of drug-likeness (QED) is 0.517. The first-order valence-electron chi connectivity index (χ1n) is 11.3. The van der Waals surface area contributed by atoms with E-state index < -0.39 is 5.41 Å². The second-order valence-electron chi connectivity index (χ2n) is 8.98. The predicted molar refractivity (Wildman–Crippen MR) is 133 cm³/mol. The number of aromatic nitrogens is 2. The van der Waals surface area contributed by atoms with Gasteiger partial charge in [-0.2, -0.15) is 10.4 Å². The molecule has 5 rings (SSSR count). The number of nitriles is 1. The van der Waals surface area contributed by atoms with Crippen molar-refractivity contribution in [2.45, 2.75) is 18.3 Å². The molecule has 1 spiro atoms. The van der Waals surface area contributed by atoms with Gasteiger partial charge in [-0.15, -0.1) is 0 Å². The summed E-state index contributed by atoms with van der Waals surface area (Å²) >= 11 is 3.63. The fourth-order valence-corrected chi connectivity index (χ4v) is 5.84. The van der Waals surface area contributed by atoms with E-state index in [4.69, 9.17) is 5.26 Å². The van der Waals surface area contributed by atoms with E-state index in [2.05, 4.69) is 26.1 Å². The van der Waals surface area contributed by atoms with Gasteiger partial charge in [-0.25, -0.2) is 0 Å². The SMILES string of the molecule is CN(CC#N)C(=O)CN1C(=O)C2(CCN(C(=O)c3ccc4[nH]ncc4c3)CC2)c2c(Br)cccc21. The number of anilines is 1. The normalized spacial score (nSPS) is 16.4. The van der Waals surface area contributed by atoms with Crippen molar-refractivity contribution >= 4 is 50.2 Å². The van der Waals surface area contributed by atoms with Gasteiger partial charge in [0.2, 0.25) is 11.8 Å². The Morgan fingerprint density at radius 1 is 1.26 bits per heavy atom. The molecule has 1 saturated heterocycles. The summed E-state index contributed by atoms with van der Waals surface area (Å²) in [5.74, 6) is -0.513. The number of amides is 3. The molecule has 0 bridgehead atoms. The number of fused-ring (bicyclic) bond motifs is 3. The topological polar surface area (TPSA) is 113 Å². The molecular formula is C25H23BrN6O3. The summed E-state index contributed by atoms with van der Waals surface area (Å²) in [6.07, 6.45) is 2.60. The molecular weight excluding hydrogens is 512 g/mol. The molecule has 1 aromatic heterocycles. The first kappa shape index (κ1) is 23.1. The number of rotatable bonds is 4. The van der Waals surface area contributed by atoms with E-state index >= 15 is 0 Å². The van der Waals surface area contributed by atoms with E-state index in [-0.39, 0.29) is 30.8 Å². The number of likely N-dealkylation sites (tertiary alicyclic amines) is 1. The van der Waals surface area contributed by atoms with Crippen molar-refractivity contribution in [1.29, 1.82) is 5.26 Å². The summed E-state index contributed by atoms with van der Waals surface area (Å²) in [5, 5.41) is 16.7. The van der Waals surface area contributed by atoms with Gasteiger partial charge in [-0.05, 0) is 43.2 Å². The van der Waals surface area contributed by atoms with Crippen LogP contribution in [0.15, 0.2) is 47.1 Å². The number of aromatic amines is 1. The molecule has 3 aromatic rings. The highest BCUT2D eigenvalue weighted by Gasteiger charge is 2.53. The van der Waals surface area contributed by atoms with Crippen LogP contribution in [0, 0.1) is 11.3 Å². The average Bonchev–Trinajstić information content (AvgIpc) is 3.42. The van der Waals surface area contributed by atoms with Crippen molar-refractivity contribution in [3.63, 3.8) is 0 Å². The van der Waals surface area contributed by atoms with Crippen molar-refractivity contribution in [1.82, 2.24) is 20.0 Å². The van der Waals surface area contributed by atoms with Crippen LogP contribution in [0.1, 0.15) is 28.8 Å². The Morgan fingerprint density at radius 2 is 2.03 bits per heavy atom. The summed E-state index contributed by atoms with van der Waals surface area (Å²) in [6.45, 7) is 0.671. The number of hydrogen-bond acceptors (Lipinski definition) is 5. The number of nitrogens with zero attached hydrogens (tertiary/aromatic N) is 5. The lowest BCUT2D eigenvalue weighted by Crippen LogP contribution is -2.51. The molecule has 0 atom stereocenters. The molecule has 35 heavy (non-hydrogen) atoms. The van der Waals surface area contributed by atoms with Crippen LogP contribution in [0.5, 0.6) is 0 Å². The Morgan fingerprint density at radius 3 is 2.77 bits per heavy atom. The van der Waals surface area contributed by atoms with Crippen LogP contribution in [0.25, 0.3) is 10.9 Å². The largest absolute Gasteiger partial charge is 0.339 e. The van der Waals surface area contributed by atoms with Crippen LogP contribution in [0.2, 0.25) is 0 Å². The zero-order valence-corrected chi connectivity index (χ0v) is 20.7. The lowest BCUT2D eigenvalue weighted by Gasteiger charge is -2.39. The predicted octanol–water partition coefficient (Wildman–Crippen LogP) is 2.83. The molecule has 2 aliphatic heterocycles. The van der Waals surface area contributed by atoms with Crippen LogP contribution in [0.4, 0.5) is 5.69 Å². The van der Waals surface area contributed by atoms with Gasteiger partial charge in [0.25, 0.3) is 5.91 Å². The first-order valence-corrected chi connectivity index (χ1v) is 12.1. The molecule has 2 aromatic carbocycles. The van der Waals surface area contributed by atoms with Crippen molar-refractivity contribution in [3.05, 3.63) is 58.2 Å². The molecule has 1 N–H and O–H groups in total. The second kappa shape index (κ2) is 8.82. The van der Waals surface area contributed by atoms with Gasteiger partial charge >= 0.3 is 0 Å². The van der Waals surface area contributed by atoms with Crippen LogP contribution in [-0.2, 0) is 15.0 Å².